The SMILES string of the molecule is Cc1cc(C(=O)CN2C(=O)N[C@@]3(C[C@@H](C)CC(C)(C)C3)C2=O)c(C)n1Cc1ccco1. The summed E-state index contributed by atoms with van der Waals surface area (Å²) in [6.45, 7) is 10.5. The monoisotopic (exact) mass is 425 g/mol. The highest BCUT2D eigenvalue weighted by molar-refractivity contribution is 6.11. The van der Waals surface area contributed by atoms with Gasteiger partial charge in [0.05, 0.1) is 19.4 Å². The lowest BCUT2D eigenvalue weighted by Gasteiger charge is -2.43. The minimum atomic E-state index is -0.894. The van der Waals surface area contributed by atoms with Gasteiger partial charge in [0.25, 0.3) is 5.91 Å². The quantitative estimate of drug-likeness (QED) is 0.578. The second-order valence-corrected chi connectivity index (χ2v) is 10.1. The maximum absolute atomic E-state index is 13.3. The number of carbonyl (C=O) groups excluding carboxylic acids is 3. The number of urea groups is 1. The highest BCUT2D eigenvalue weighted by Gasteiger charge is 2.56. The van der Waals surface area contributed by atoms with Crippen LogP contribution in [0.2, 0.25) is 0 Å². The second kappa shape index (κ2) is 7.39. The maximum Gasteiger partial charge on any atom is 0.325 e. The molecule has 1 aliphatic carbocycles. The van der Waals surface area contributed by atoms with Crippen molar-refractivity contribution in [1.82, 2.24) is 14.8 Å². The Hall–Kier alpha value is -2.83. The van der Waals surface area contributed by atoms with Gasteiger partial charge in [0, 0.05) is 17.0 Å². The average Bonchev–Trinajstić information content (AvgIpc) is 3.32. The summed E-state index contributed by atoms with van der Waals surface area (Å²) >= 11 is 0. The summed E-state index contributed by atoms with van der Waals surface area (Å²) in [4.78, 5) is 40.3. The number of nitrogens with zero attached hydrogens (tertiary/aromatic N) is 2. The van der Waals surface area contributed by atoms with Gasteiger partial charge in [0.15, 0.2) is 5.78 Å². The van der Waals surface area contributed by atoms with Gasteiger partial charge in [-0.15, -0.1) is 0 Å². The van der Waals surface area contributed by atoms with Crippen molar-refractivity contribution in [3.8, 4) is 0 Å². The number of carbonyl (C=O) groups is 3. The summed E-state index contributed by atoms with van der Waals surface area (Å²) in [6.07, 6.45) is 3.84. The third kappa shape index (κ3) is 3.82. The predicted molar refractivity (Wildman–Crippen MR) is 116 cm³/mol. The standard InChI is InChI=1S/C24H31N3O4/c1-15-10-23(4,5)14-24(11-15)21(29)27(22(30)25-24)13-20(28)19-9-16(2)26(17(19)3)12-18-7-6-8-31-18/h6-9,15H,10-14H2,1-5H3,(H,25,30)/t15-,24+/m0/s1. The van der Waals surface area contributed by atoms with Crippen LogP contribution in [0.15, 0.2) is 28.9 Å². The number of imide groups is 1. The first-order valence-corrected chi connectivity index (χ1v) is 10.9. The van der Waals surface area contributed by atoms with Crippen LogP contribution in [0.4, 0.5) is 4.79 Å². The van der Waals surface area contributed by atoms with Gasteiger partial charge in [-0.1, -0.05) is 20.8 Å². The third-order valence-corrected chi connectivity index (χ3v) is 6.69. The van der Waals surface area contributed by atoms with Gasteiger partial charge in [-0.2, -0.15) is 0 Å². The molecule has 7 heteroatoms. The number of furan rings is 1. The number of nitrogens with one attached hydrogen (secondary N) is 1. The van der Waals surface area contributed by atoms with Crippen LogP contribution in [0.5, 0.6) is 0 Å². The molecule has 3 heterocycles. The van der Waals surface area contributed by atoms with E-state index in [9.17, 15) is 14.4 Å². The van der Waals surface area contributed by atoms with Gasteiger partial charge in [-0.05, 0) is 62.6 Å². The highest BCUT2D eigenvalue weighted by atomic mass is 16.3. The maximum atomic E-state index is 13.3. The van der Waals surface area contributed by atoms with Crippen LogP contribution in [0.3, 0.4) is 0 Å². The molecule has 3 amide bonds. The topological polar surface area (TPSA) is 84.5 Å². The van der Waals surface area contributed by atoms with Crippen LogP contribution in [-0.4, -0.2) is 39.3 Å². The number of aromatic nitrogens is 1. The van der Waals surface area contributed by atoms with E-state index in [1.54, 1.807) is 6.26 Å². The molecule has 2 aromatic heterocycles. The Labute approximate surface area is 182 Å². The number of rotatable bonds is 5. The first kappa shape index (κ1) is 21.4. The molecule has 166 valence electrons. The molecule has 0 aromatic carbocycles. The number of hydrogen-bond donors (Lipinski definition) is 1. The lowest BCUT2D eigenvalue weighted by molar-refractivity contribution is -0.134. The van der Waals surface area contributed by atoms with E-state index in [2.05, 4.69) is 26.1 Å². The summed E-state index contributed by atoms with van der Waals surface area (Å²) in [6, 6.07) is 5.07. The second-order valence-electron chi connectivity index (χ2n) is 10.1. The molecular formula is C24H31N3O4. The molecule has 1 N–H and O–H groups in total. The van der Waals surface area contributed by atoms with Gasteiger partial charge in [-0.25, -0.2) is 4.79 Å². The number of ketones is 1. The molecule has 4 rings (SSSR count). The van der Waals surface area contributed by atoms with Crippen molar-refractivity contribution >= 4 is 17.7 Å². The summed E-state index contributed by atoms with van der Waals surface area (Å²) < 4.78 is 7.44. The number of hydrogen-bond acceptors (Lipinski definition) is 4. The van der Waals surface area contributed by atoms with Crippen LogP contribution in [0, 0.1) is 25.2 Å². The van der Waals surface area contributed by atoms with Gasteiger partial charge in [0.1, 0.15) is 11.3 Å². The first-order valence-electron chi connectivity index (χ1n) is 10.9. The molecule has 1 saturated heterocycles. The lowest BCUT2D eigenvalue weighted by atomic mass is 9.64. The molecule has 1 saturated carbocycles. The number of aryl methyl sites for hydroxylation is 1. The molecule has 2 aromatic rings. The van der Waals surface area contributed by atoms with E-state index < -0.39 is 11.6 Å². The van der Waals surface area contributed by atoms with Crippen LogP contribution in [0.25, 0.3) is 0 Å². The van der Waals surface area contributed by atoms with E-state index in [0.717, 1.165) is 28.5 Å². The molecule has 2 atom stereocenters. The zero-order valence-corrected chi connectivity index (χ0v) is 18.9. The zero-order valence-electron chi connectivity index (χ0n) is 18.9. The van der Waals surface area contributed by atoms with Crippen molar-refractivity contribution in [3.05, 3.63) is 47.2 Å². The Balaban J connectivity index is 1.54. The number of Topliss-reactive ketones (excluding diaryl/α,β-unsaturated/α-hetero) is 1. The van der Waals surface area contributed by atoms with Crippen LogP contribution < -0.4 is 5.32 Å². The molecule has 2 aliphatic rings. The van der Waals surface area contributed by atoms with Crippen molar-refractivity contribution in [2.75, 3.05) is 6.54 Å². The van der Waals surface area contributed by atoms with Crippen molar-refractivity contribution in [2.45, 2.75) is 66.0 Å². The van der Waals surface area contributed by atoms with Gasteiger partial charge < -0.3 is 14.3 Å². The Bertz CT molecular complexity index is 1030. The van der Waals surface area contributed by atoms with Gasteiger partial charge >= 0.3 is 6.03 Å². The normalized spacial score (nSPS) is 25.3. The Morgan fingerprint density at radius 2 is 2.00 bits per heavy atom. The van der Waals surface area contributed by atoms with Gasteiger partial charge in [0.2, 0.25) is 0 Å². The molecular weight excluding hydrogens is 394 g/mol. The molecule has 0 radical (unpaired) electrons. The molecule has 7 nitrogen and oxygen atoms in total. The molecule has 31 heavy (non-hydrogen) atoms. The summed E-state index contributed by atoms with van der Waals surface area (Å²) in [5.74, 6) is 0.618. The fourth-order valence-electron chi connectivity index (χ4n) is 5.76. The van der Waals surface area contributed by atoms with Gasteiger partial charge in [-0.3, -0.25) is 14.5 Å². The van der Waals surface area contributed by atoms with E-state index in [4.69, 9.17) is 4.42 Å². The Morgan fingerprint density at radius 1 is 1.26 bits per heavy atom. The van der Waals surface area contributed by atoms with E-state index in [0.29, 0.717) is 30.9 Å². The largest absolute Gasteiger partial charge is 0.467 e. The lowest BCUT2D eigenvalue weighted by Crippen LogP contribution is -2.54. The third-order valence-electron chi connectivity index (χ3n) is 6.69. The summed E-state index contributed by atoms with van der Waals surface area (Å²) in [5.41, 5.74) is 1.32. The molecule has 0 bridgehead atoms. The van der Waals surface area contributed by atoms with Crippen molar-refractivity contribution in [1.29, 1.82) is 0 Å². The molecule has 1 spiro atoms. The highest BCUT2D eigenvalue weighted by Crippen LogP contribution is 2.46. The van der Waals surface area contributed by atoms with Crippen molar-refractivity contribution in [2.24, 2.45) is 11.3 Å². The Morgan fingerprint density at radius 3 is 2.65 bits per heavy atom. The number of amides is 3. The fourth-order valence-corrected chi connectivity index (χ4v) is 5.76. The van der Waals surface area contributed by atoms with Crippen LogP contribution in [-0.2, 0) is 11.3 Å². The van der Waals surface area contributed by atoms with E-state index in [1.807, 2.05) is 36.6 Å². The Kier molecular flexibility index (Phi) is 5.10. The van der Waals surface area contributed by atoms with Crippen molar-refractivity contribution in [3.63, 3.8) is 0 Å². The first-order chi connectivity index (χ1) is 14.5. The molecule has 0 unspecified atom stereocenters. The minimum Gasteiger partial charge on any atom is -0.467 e. The van der Waals surface area contributed by atoms with E-state index in [-0.39, 0.29) is 23.7 Å². The fraction of sp³-hybridized carbons (Fsp3) is 0.542. The smallest absolute Gasteiger partial charge is 0.325 e. The van der Waals surface area contributed by atoms with Crippen molar-refractivity contribution < 1.29 is 18.8 Å². The molecule has 1 aliphatic heterocycles. The van der Waals surface area contributed by atoms with E-state index in [1.165, 1.54) is 0 Å². The predicted octanol–water partition coefficient (Wildman–Crippen LogP) is 4.07. The average molecular weight is 426 g/mol. The molecule has 2 fully saturated rings. The summed E-state index contributed by atoms with van der Waals surface area (Å²) in [5, 5.41) is 2.94. The zero-order chi connectivity index (χ0) is 22.6. The van der Waals surface area contributed by atoms with E-state index >= 15 is 0 Å². The summed E-state index contributed by atoms with van der Waals surface area (Å²) in [7, 11) is 0. The van der Waals surface area contributed by atoms with Crippen LogP contribution in [0.1, 0.15) is 67.5 Å². The van der Waals surface area contributed by atoms with Crippen LogP contribution >= 0.6 is 0 Å². The minimum absolute atomic E-state index is 0.0442.